The molecule has 19 heteroatoms. The second kappa shape index (κ2) is 29.5. The Morgan fingerprint density at radius 2 is 1.10 bits per heavy atom. The SMILES string of the molecule is CCC/C=C\C/C=C\CCCCCCCC(=O)NC(COC1OC(CO)C(OC2OC(CO)C(OC3OC(CO)C(O)C(O)C3O)C(O)C2O)C(O)C1O)C(O)/C=C/CCCC. The third-order valence-corrected chi connectivity index (χ3v) is 11.2. The lowest BCUT2D eigenvalue weighted by atomic mass is 9.96. The number of hydrogen-bond donors (Lipinski definition) is 12. The van der Waals surface area contributed by atoms with Crippen LogP contribution in [0.2, 0.25) is 0 Å². The Morgan fingerprint density at radius 1 is 0.581 bits per heavy atom. The lowest BCUT2D eigenvalue weighted by Crippen LogP contribution is -2.66. The normalized spacial score (nSPS) is 35.5. The Labute approximate surface area is 364 Å². The number of allylic oxidation sites excluding steroid dienone is 5. The summed E-state index contributed by atoms with van der Waals surface area (Å²) in [5.74, 6) is -0.305. The molecule has 17 atom stereocenters. The van der Waals surface area contributed by atoms with Crippen LogP contribution in [0.1, 0.15) is 97.3 Å². The molecular weight excluding hydrogens is 818 g/mol. The third kappa shape index (κ3) is 16.8. The van der Waals surface area contributed by atoms with Crippen LogP contribution in [-0.4, -0.2) is 193 Å². The van der Waals surface area contributed by atoms with E-state index in [4.69, 9.17) is 28.4 Å². The zero-order valence-corrected chi connectivity index (χ0v) is 36.1. The number of nitrogens with one attached hydrogen (secondary N) is 1. The highest BCUT2D eigenvalue weighted by atomic mass is 16.8. The van der Waals surface area contributed by atoms with Crippen LogP contribution >= 0.6 is 0 Å². The number of ether oxygens (including phenoxy) is 6. The fourth-order valence-electron chi connectivity index (χ4n) is 7.33. The topological polar surface area (TPSA) is 307 Å². The van der Waals surface area contributed by atoms with Crippen LogP contribution in [0, 0.1) is 0 Å². The van der Waals surface area contributed by atoms with Crippen molar-refractivity contribution in [3.05, 3.63) is 36.5 Å². The quantitative estimate of drug-likeness (QED) is 0.0334. The Bertz CT molecular complexity index is 1300. The Balaban J connectivity index is 1.56. The maximum absolute atomic E-state index is 13.0. The molecule has 3 fully saturated rings. The van der Waals surface area contributed by atoms with Gasteiger partial charge in [0.05, 0.1) is 38.6 Å². The van der Waals surface area contributed by atoms with Gasteiger partial charge in [-0.05, 0) is 38.5 Å². The van der Waals surface area contributed by atoms with Crippen LogP contribution in [-0.2, 0) is 33.2 Å². The molecule has 0 radical (unpaired) electrons. The largest absolute Gasteiger partial charge is 0.394 e. The molecule has 17 unspecified atom stereocenters. The summed E-state index contributed by atoms with van der Waals surface area (Å²) in [5.41, 5.74) is 0. The number of amides is 1. The maximum atomic E-state index is 13.0. The highest BCUT2D eigenvalue weighted by molar-refractivity contribution is 5.76. The molecule has 360 valence electrons. The van der Waals surface area contributed by atoms with Gasteiger partial charge in [0, 0.05) is 6.42 Å². The fourth-order valence-corrected chi connectivity index (χ4v) is 7.33. The second-order valence-corrected chi connectivity index (χ2v) is 16.2. The van der Waals surface area contributed by atoms with Crippen LogP contribution in [0.3, 0.4) is 0 Å². The van der Waals surface area contributed by atoms with Gasteiger partial charge < -0.3 is 89.9 Å². The van der Waals surface area contributed by atoms with Crippen molar-refractivity contribution in [2.45, 2.75) is 202 Å². The molecule has 19 nitrogen and oxygen atoms in total. The van der Waals surface area contributed by atoms with Crippen LogP contribution in [0.25, 0.3) is 0 Å². The minimum atomic E-state index is -1.98. The minimum Gasteiger partial charge on any atom is -0.394 e. The lowest BCUT2D eigenvalue weighted by Gasteiger charge is -2.48. The van der Waals surface area contributed by atoms with Crippen molar-refractivity contribution in [2.75, 3.05) is 26.4 Å². The molecule has 3 aliphatic heterocycles. The van der Waals surface area contributed by atoms with Gasteiger partial charge >= 0.3 is 0 Å². The lowest BCUT2D eigenvalue weighted by molar-refractivity contribution is -0.379. The first-order valence-electron chi connectivity index (χ1n) is 22.2. The van der Waals surface area contributed by atoms with E-state index >= 15 is 0 Å². The standard InChI is InChI=1S/C43H75NO18/c1-3-5-7-9-10-11-12-13-14-15-16-17-19-21-31(49)44-26(27(48)20-18-8-6-4-2)25-57-41-37(55)34(52)39(29(23-46)59-41)62-43-38(56)35(53)40(30(24-47)60-43)61-42-36(54)33(51)32(50)28(22-45)58-42/h7,9,11-12,18,20,26-30,32-43,45-48,50-56H,3-6,8,10,13-17,19,21-25H2,1-2H3,(H,44,49)/b9-7-,12-11-,20-18+. The summed E-state index contributed by atoms with van der Waals surface area (Å²) >= 11 is 0. The van der Waals surface area contributed by atoms with Gasteiger partial charge in [0.25, 0.3) is 0 Å². The van der Waals surface area contributed by atoms with Crippen LogP contribution in [0.4, 0.5) is 0 Å². The smallest absolute Gasteiger partial charge is 0.220 e. The predicted octanol–water partition coefficient (Wildman–Crippen LogP) is -0.923. The van der Waals surface area contributed by atoms with Gasteiger partial charge in [-0.2, -0.15) is 0 Å². The number of carbonyl (C=O) groups excluding carboxylic acids is 1. The van der Waals surface area contributed by atoms with Crippen LogP contribution in [0.15, 0.2) is 36.5 Å². The number of hydrogen-bond acceptors (Lipinski definition) is 18. The Kier molecular flexibility index (Phi) is 25.9. The van der Waals surface area contributed by atoms with Gasteiger partial charge in [-0.15, -0.1) is 0 Å². The first-order valence-corrected chi connectivity index (χ1v) is 22.2. The molecule has 3 saturated heterocycles. The molecule has 1 amide bonds. The second-order valence-electron chi connectivity index (χ2n) is 16.2. The van der Waals surface area contributed by atoms with E-state index < -0.39 is 124 Å². The molecule has 0 saturated carbocycles. The number of carbonyl (C=O) groups is 1. The van der Waals surface area contributed by atoms with Crippen molar-refractivity contribution in [1.82, 2.24) is 5.32 Å². The number of aliphatic hydroxyl groups excluding tert-OH is 11. The molecule has 0 aliphatic carbocycles. The predicted molar refractivity (Wildman–Crippen MR) is 222 cm³/mol. The van der Waals surface area contributed by atoms with Gasteiger partial charge in [0.2, 0.25) is 5.91 Å². The molecule has 0 spiro atoms. The van der Waals surface area contributed by atoms with Gasteiger partial charge in [-0.25, -0.2) is 0 Å². The van der Waals surface area contributed by atoms with E-state index in [1.807, 2.05) is 6.92 Å². The van der Waals surface area contributed by atoms with E-state index in [1.165, 1.54) is 0 Å². The highest BCUT2D eigenvalue weighted by Crippen LogP contribution is 2.33. The van der Waals surface area contributed by atoms with Gasteiger partial charge in [-0.1, -0.05) is 88.8 Å². The van der Waals surface area contributed by atoms with Gasteiger partial charge in [-0.3, -0.25) is 4.79 Å². The summed E-state index contributed by atoms with van der Waals surface area (Å²) < 4.78 is 33.8. The molecule has 12 N–H and O–H groups in total. The van der Waals surface area contributed by atoms with Crippen LogP contribution < -0.4 is 5.32 Å². The van der Waals surface area contributed by atoms with Crippen molar-refractivity contribution in [1.29, 1.82) is 0 Å². The zero-order chi connectivity index (χ0) is 45.6. The number of aliphatic hydroxyl groups is 11. The molecule has 3 aliphatic rings. The van der Waals surface area contributed by atoms with Crippen molar-refractivity contribution in [2.24, 2.45) is 0 Å². The van der Waals surface area contributed by atoms with E-state index in [0.717, 1.165) is 64.2 Å². The molecular formula is C43H75NO18. The van der Waals surface area contributed by atoms with Crippen LogP contribution in [0.5, 0.6) is 0 Å². The first-order chi connectivity index (χ1) is 29.8. The molecule has 0 aromatic heterocycles. The van der Waals surface area contributed by atoms with E-state index in [1.54, 1.807) is 12.2 Å². The summed E-state index contributed by atoms with van der Waals surface area (Å²) in [7, 11) is 0. The van der Waals surface area contributed by atoms with Crippen molar-refractivity contribution in [3.8, 4) is 0 Å². The fraction of sp³-hybridized carbons (Fsp3) is 0.837. The van der Waals surface area contributed by atoms with Gasteiger partial charge in [0.15, 0.2) is 18.9 Å². The van der Waals surface area contributed by atoms with E-state index in [0.29, 0.717) is 12.8 Å². The van der Waals surface area contributed by atoms with Gasteiger partial charge in [0.1, 0.15) is 73.2 Å². The highest BCUT2D eigenvalue weighted by Gasteiger charge is 2.53. The average Bonchev–Trinajstić information content (AvgIpc) is 3.27. The summed E-state index contributed by atoms with van der Waals surface area (Å²) in [6, 6.07) is -0.973. The summed E-state index contributed by atoms with van der Waals surface area (Å²) in [4.78, 5) is 13.0. The average molecular weight is 894 g/mol. The first kappa shape index (κ1) is 54.3. The van der Waals surface area contributed by atoms with E-state index in [9.17, 15) is 61.0 Å². The summed E-state index contributed by atoms with van der Waals surface area (Å²) in [6.07, 6.45) is -3.11. The molecule has 0 aromatic carbocycles. The minimum absolute atomic E-state index is 0.223. The van der Waals surface area contributed by atoms with E-state index in [2.05, 4.69) is 36.5 Å². The Morgan fingerprint density at radius 3 is 1.69 bits per heavy atom. The molecule has 3 heterocycles. The third-order valence-electron chi connectivity index (χ3n) is 11.2. The molecule has 3 rings (SSSR count). The summed E-state index contributed by atoms with van der Waals surface area (Å²) in [5, 5.41) is 119. The Hall–Kier alpha value is -1.99. The van der Waals surface area contributed by atoms with Crippen molar-refractivity contribution >= 4 is 5.91 Å². The number of rotatable bonds is 28. The molecule has 0 bridgehead atoms. The maximum Gasteiger partial charge on any atom is 0.220 e. The monoisotopic (exact) mass is 893 g/mol. The summed E-state index contributed by atoms with van der Waals surface area (Å²) in [6.45, 7) is 1.40. The zero-order valence-electron chi connectivity index (χ0n) is 36.1. The number of unbranched alkanes of at least 4 members (excludes halogenated alkanes) is 8. The van der Waals surface area contributed by atoms with Crippen molar-refractivity contribution in [3.63, 3.8) is 0 Å². The molecule has 62 heavy (non-hydrogen) atoms. The van der Waals surface area contributed by atoms with E-state index in [-0.39, 0.29) is 18.9 Å². The molecule has 0 aromatic rings. The van der Waals surface area contributed by atoms with Crippen molar-refractivity contribution < 1.29 is 89.4 Å².